The average Bonchev–Trinajstić information content (AvgIpc) is 3.14. The normalized spacial score (nSPS) is 14.0. The molecule has 264 valence electrons. The van der Waals surface area contributed by atoms with E-state index in [1.807, 2.05) is 30.3 Å². The Bertz CT molecular complexity index is 1870. The minimum absolute atomic E-state index is 0.0209. The van der Waals surface area contributed by atoms with Crippen molar-refractivity contribution >= 4 is 50.7 Å². The van der Waals surface area contributed by atoms with E-state index in [4.69, 9.17) is 32.7 Å². The van der Waals surface area contributed by atoms with Crippen LogP contribution in [0.15, 0.2) is 102 Å². The van der Waals surface area contributed by atoms with Gasteiger partial charge in [-0.2, -0.15) is 0 Å². The summed E-state index contributed by atoms with van der Waals surface area (Å²) in [5.74, 6) is -0.348. The third-order valence-electron chi connectivity index (χ3n) is 8.82. The molecule has 0 radical (unpaired) electrons. The SMILES string of the molecule is COc1ccc(OC)c(N(CC(=O)N(Cc2ccc(Cl)c(Cl)c2)[C@H](Cc2ccccc2)C(=O)NC2CCCCC2)S(=O)(=O)c2ccccc2)c1. The lowest BCUT2D eigenvalue weighted by molar-refractivity contribution is -0.140. The fraction of sp³-hybridized carbons (Fsp3) is 0.316. The highest BCUT2D eigenvalue weighted by atomic mass is 35.5. The lowest BCUT2D eigenvalue weighted by Gasteiger charge is -2.35. The van der Waals surface area contributed by atoms with Gasteiger partial charge in [0.15, 0.2) is 0 Å². The average molecular weight is 739 g/mol. The predicted molar refractivity (Wildman–Crippen MR) is 196 cm³/mol. The Morgan fingerprint density at radius 1 is 0.820 bits per heavy atom. The van der Waals surface area contributed by atoms with Crippen LogP contribution in [-0.2, 0) is 32.6 Å². The second-order valence-electron chi connectivity index (χ2n) is 12.2. The van der Waals surface area contributed by atoms with Gasteiger partial charge < -0.3 is 19.7 Å². The largest absolute Gasteiger partial charge is 0.497 e. The van der Waals surface area contributed by atoms with Crippen LogP contribution in [0.2, 0.25) is 10.0 Å². The van der Waals surface area contributed by atoms with Gasteiger partial charge in [-0.25, -0.2) is 8.42 Å². The molecule has 5 rings (SSSR count). The van der Waals surface area contributed by atoms with Crippen LogP contribution in [0.3, 0.4) is 0 Å². The first-order valence-electron chi connectivity index (χ1n) is 16.5. The van der Waals surface area contributed by atoms with Crippen molar-refractivity contribution in [3.05, 3.63) is 118 Å². The van der Waals surface area contributed by atoms with E-state index in [-0.39, 0.29) is 46.3 Å². The molecule has 4 aromatic rings. The number of rotatable bonds is 14. The number of benzene rings is 4. The quantitative estimate of drug-likeness (QED) is 0.146. The molecule has 1 aliphatic carbocycles. The summed E-state index contributed by atoms with van der Waals surface area (Å²) in [5, 5.41) is 3.84. The predicted octanol–water partition coefficient (Wildman–Crippen LogP) is 7.29. The number of ether oxygens (including phenoxy) is 2. The van der Waals surface area contributed by atoms with Gasteiger partial charge in [0.05, 0.1) is 34.8 Å². The molecule has 4 aromatic carbocycles. The molecule has 50 heavy (non-hydrogen) atoms. The van der Waals surface area contributed by atoms with Crippen LogP contribution in [0.4, 0.5) is 5.69 Å². The lowest BCUT2D eigenvalue weighted by Crippen LogP contribution is -2.55. The Morgan fingerprint density at radius 2 is 1.50 bits per heavy atom. The van der Waals surface area contributed by atoms with Crippen LogP contribution < -0.4 is 19.1 Å². The smallest absolute Gasteiger partial charge is 0.264 e. The molecule has 2 amide bonds. The molecule has 0 bridgehead atoms. The molecule has 0 saturated heterocycles. The second kappa shape index (κ2) is 17.1. The van der Waals surface area contributed by atoms with Crippen molar-refractivity contribution in [1.82, 2.24) is 10.2 Å². The lowest BCUT2D eigenvalue weighted by atomic mass is 9.94. The van der Waals surface area contributed by atoms with Crippen molar-refractivity contribution in [3.63, 3.8) is 0 Å². The number of nitrogens with zero attached hydrogens (tertiary/aromatic N) is 2. The standard InChI is InChI=1S/C38H41Cl2N3O6S/c1-48-30-19-21-36(49-2)34(24-30)43(50(46,47)31-16-10-5-11-17-31)26-37(44)42(25-28-18-20-32(39)33(40)22-28)35(23-27-12-6-3-7-13-27)38(45)41-29-14-8-4-9-15-29/h3,5-7,10-13,16-22,24,29,35H,4,8-9,14-15,23,25-26H2,1-2H3,(H,41,45)/t35-/m1/s1. The van der Waals surface area contributed by atoms with Crippen LogP contribution >= 0.6 is 23.2 Å². The zero-order valence-electron chi connectivity index (χ0n) is 28.1. The molecular formula is C38H41Cl2N3O6S. The molecule has 9 nitrogen and oxygen atoms in total. The van der Waals surface area contributed by atoms with Crippen LogP contribution in [-0.4, -0.2) is 58.0 Å². The Kier molecular flexibility index (Phi) is 12.7. The molecule has 0 aromatic heterocycles. The van der Waals surface area contributed by atoms with E-state index in [1.165, 1.54) is 37.3 Å². The molecular weight excluding hydrogens is 697 g/mol. The van der Waals surface area contributed by atoms with Gasteiger partial charge in [0.2, 0.25) is 11.8 Å². The Morgan fingerprint density at radius 3 is 2.14 bits per heavy atom. The van der Waals surface area contributed by atoms with E-state index in [2.05, 4.69) is 5.32 Å². The minimum atomic E-state index is -4.34. The zero-order chi connectivity index (χ0) is 35.7. The van der Waals surface area contributed by atoms with Crippen molar-refractivity contribution in [2.45, 2.75) is 62.0 Å². The van der Waals surface area contributed by atoms with Gasteiger partial charge in [-0.05, 0) is 60.4 Å². The van der Waals surface area contributed by atoms with Gasteiger partial charge in [-0.1, -0.05) is 97.1 Å². The van der Waals surface area contributed by atoms with Gasteiger partial charge in [0.25, 0.3) is 10.0 Å². The second-order valence-corrected chi connectivity index (χ2v) is 14.9. The summed E-state index contributed by atoms with van der Waals surface area (Å²) in [5.41, 5.74) is 1.56. The number of halogens is 2. The monoisotopic (exact) mass is 737 g/mol. The summed E-state index contributed by atoms with van der Waals surface area (Å²) in [6, 6.07) is 26.0. The first kappa shape index (κ1) is 37.0. The van der Waals surface area contributed by atoms with Crippen molar-refractivity contribution in [1.29, 1.82) is 0 Å². The van der Waals surface area contributed by atoms with E-state index in [0.29, 0.717) is 16.3 Å². The molecule has 12 heteroatoms. The van der Waals surface area contributed by atoms with E-state index in [1.54, 1.807) is 48.5 Å². The van der Waals surface area contributed by atoms with Gasteiger partial charge in [0, 0.05) is 25.1 Å². The maximum atomic E-state index is 14.9. The number of hydrogen-bond donors (Lipinski definition) is 1. The van der Waals surface area contributed by atoms with Gasteiger partial charge in [-0.3, -0.25) is 13.9 Å². The maximum Gasteiger partial charge on any atom is 0.264 e. The van der Waals surface area contributed by atoms with E-state index < -0.39 is 28.5 Å². The first-order valence-corrected chi connectivity index (χ1v) is 18.7. The van der Waals surface area contributed by atoms with Gasteiger partial charge in [0.1, 0.15) is 24.1 Å². The molecule has 0 heterocycles. The summed E-state index contributed by atoms with van der Waals surface area (Å²) < 4.78 is 40.8. The highest BCUT2D eigenvalue weighted by Crippen LogP contribution is 2.36. The van der Waals surface area contributed by atoms with Gasteiger partial charge >= 0.3 is 0 Å². The summed E-state index contributed by atoms with van der Waals surface area (Å²) in [4.78, 5) is 30.6. The van der Waals surface area contributed by atoms with Crippen LogP contribution in [0.25, 0.3) is 0 Å². The van der Waals surface area contributed by atoms with Crippen molar-refractivity contribution in [2.24, 2.45) is 0 Å². The van der Waals surface area contributed by atoms with Crippen molar-refractivity contribution in [3.8, 4) is 11.5 Å². The number of amides is 2. The van der Waals surface area contributed by atoms with E-state index in [0.717, 1.165) is 42.0 Å². The molecule has 1 fully saturated rings. The zero-order valence-corrected chi connectivity index (χ0v) is 30.4. The summed E-state index contributed by atoms with van der Waals surface area (Å²) in [6.45, 7) is -0.691. The Labute approximate surface area is 304 Å². The number of hydrogen-bond acceptors (Lipinski definition) is 6. The highest BCUT2D eigenvalue weighted by molar-refractivity contribution is 7.92. The fourth-order valence-corrected chi connectivity index (χ4v) is 7.92. The minimum Gasteiger partial charge on any atom is -0.497 e. The highest BCUT2D eigenvalue weighted by Gasteiger charge is 2.36. The van der Waals surface area contributed by atoms with Crippen molar-refractivity contribution in [2.75, 3.05) is 25.1 Å². The maximum absolute atomic E-state index is 14.9. The van der Waals surface area contributed by atoms with E-state index >= 15 is 0 Å². The number of carbonyl (C=O) groups excluding carboxylic acids is 2. The molecule has 1 saturated carbocycles. The molecule has 1 aliphatic rings. The van der Waals surface area contributed by atoms with Crippen molar-refractivity contribution < 1.29 is 27.5 Å². The van der Waals surface area contributed by atoms with Crippen LogP contribution in [0, 0.1) is 0 Å². The summed E-state index contributed by atoms with van der Waals surface area (Å²) in [6.07, 6.45) is 5.03. The number of nitrogens with one attached hydrogen (secondary N) is 1. The van der Waals surface area contributed by atoms with E-state index in [9.17, 15) is 18.0 Å². The fourth-order valence-electron chi connectivity index (χ4n) is 6.16. The van der Waals surface area contributed by atoms with Crippen LogP contribution in [0.1, 0.15) is 43.2 Å². The number of anilines is 1. The molecule has 1 N–H and O–H groups in total. The third kappa shape index (κ3) is 9.10. The molecule has 0 spiro atoms. The summed E-state index contributed by atoms with van der Waals surface area (Å²) >= 11 is 12.6. The van der Waals surface area contributed by atoms with Gasteiger partial charge in [-0.15, -0.1) is 0 Å². The molecule has 1 atom stereocenters. The number of carbonyl (C=O) groups is 2. The Balaban J connectivity index is 1.62. The Hall–Kier alpha value is -4.25. The third-order valence-corrected chi connectivity index (χ3v) is 11.3. The number of sulfonamides is 1. The topological polar surface area (TPSA) is 105 Å². The first-order chi connectivity index (χ1) is 24.1. The molecule has 0 aliphatic heterocycles. The molecule has 0 unspecified atom stereocenters. The number of methoxy groups -OCH3 is 2. The summed E-state index contributed by atoms with van der Waals surface area (Å²) in [7, 11) is -1.46. The van der Waals surface area contributed by atoms with Crippen LogP contribution in [0.5, 0.6) is 11.5 Å².